The number of carbonyl (C=O) groups excluding carboxylic acids is 1. The molecule has 0 fully saturated rings. The summed E-state index contributed by atoms with van der Waals surface area (Å²) in [5, 5.41) is 3.26. The molecule has 0 aliphatic rings. The highest BCUT2D eigenvalue weighted by atomic mass is 16.5. The molecule has 5 nitrogen and oxygen atoms in total. The smallest absolute Gasteiger partial charge is 0.237 e. The van der Waals surface area contributed by atoms with Crippen molar-refractivity contribution in [1.82, 2.24) is 10.2 Å². The van der Waals surface area contributed by atoms with Crippen molar-refractivity contribution in [2.45, 2.75) is 45.7 Å². The first-order valence-corrected chi connectivity index (χ1v) is 6.64. The maximum Gasteiger partial charge on any atom is 0.237 e. The van der Waals surface area contributed by atoms with Crippen molar-refractivity contribution < 1.29 is 9.53 Å². The maximum absolute atomic E-state index is 11.6. The van der Waals surface area contributed by atoms with E-state index < -0.39 is 5.54 Å². The first-order chi connectivity index (χ1) is 8.35. The van der Waals surface area contributed by atoms with Crippen LogP contribution in [0, 0.1) is 0 Å². The summed E-state index contributed by atoms with van der Waals surface area (Å²) in [6.45, 7) is 11.4. The van der Waals surface area contributed by atoms with Crippen LogP contribution in [0.2, 0.25) is 0 Å². The fraction of sp³-hybridized carbons (Fsp3) is 0.923. The summed E-state index contributed by atoms with van der Waals surface area (Å²) in [6.07, 6.45) is 0.706. The van der Waals surface area contributed by atoms with Crippen LogP contribution in [-0.2, 0) is 9.53 Å². The van der Waals surface area contributed by atoms with E-state index in [1.54, 1.807) is 7.11 Å². The van der Waals surface area contributed by atoms with Gasteiger partial charge in [0.1, 0.15) is 0 Å². The summed E-state index contributed by atoms with van der Waals surface area (Å²) in [5.41, 5.74) is 4.86. The van der Waals surface area contributed by atoms with Gasteiger partial charge in [0.15, 0.2) is 0 Å². The molecular formula is C13H29N3O2. The van der Waals surface area contributed by atoms with Crippen LogP contribution in [0.3, 0.4) is 0 Å². The van der Waals surface area contributed by atoms with Crippen LogP contribution >= 0.6 is 0 Å². The Bertz CT molecular complexity index is 246. The Balaban J connectivity index is 4.36. The number of ether oxygens (including phenoxy) is 1. The summed E-state index contributed by atoms with van der Waals surface area (Å²) in [5.74, 6) is -0.293. The number of likely N-dealkylation sites (N-methyl/N-ethyl adjacent to an activating group) is 1. The average Bonchev–Trinajstić information content (AvgIpc) is 2.28. The molecule has 18 heavy (non-hydrogen) atoms. The second-order valence-electron chi connectivity index (χ2n) is 5.17. The molecule has 0 aromatic carbocycles. The molecule has 0 saturated heterocycles. The third kappa shape index (κ3) is 6.33. The highest BCUT2D eigenvalue weighted by Crippen LogP contribution is 2.11. The number of hydrogen-bond acceptors (Lipinski definition) is 4. The Morgan fingerprint density at radius 2 is 2.06 bits per heavy atom. The lowest BCUT2D eigenvalue weighted by Gasteiger charge is -2.32. The van der Waals surface area contributed by atoms with Gasteiger partial charge in [-0.1, -0.05) is 6.92 Å². The minimum absolute atomic E-state index is 0.233. The second-order valence-corrected chi connectivity index (χ2v) is 5.17. The van der Waals surface area contributed by atoms with Gasteiger partial charge in [0.2, 0.25) is 5.91 Å². The molecule has 0 aromatic heterocycles. The lowest BCUT2D eigenvalue weighted by atomic mass is 9.95. The molecular weight excluding hydrogens is 230 g/mol. The molecule has 1 unspecified atom stereocenters. The van der Waals surface area contributed by atoms with Gasteiger partial charge in [-0.3, -0.25) is 4.79 Å². The van der Waals surface area contributed by atoms with Gasteiger partial charge in [-0.25, -0.2) is 0 Å². The maximum atomic E-state index is 11.6. The van der Waals surface area contributed by atoms with Gasteiger partial charge in [-0.2, -0.15) is 0 Å². The van der Waals surface area contributed by atoms with Gasteiger partial charge in [0.05, 0.1) is 12.1 Å². The van der Waals surface area contributed by atoms with E-state index in [2.05, 4.69) is 17.1 Å². The Morgan fingerprint density at radius 3 is 2.44 bits per heavy atom. The van der Waals surface area contributed by atoms with E-state index in [0.29, 0.717) is 13.0 Å². The minimum Gasteiger partial charge on any atom is -0.383 e. The molecule has 0 aliphatic carbocycles. The van der Waals surface area contributed by atoms with Gasteiger partial charge < -0.3 is 20.7 Å². The lowest BCUT2D eigenvalue weighted by molar-refractivity contribution is -0.124. The molecule has 5 heteroatoms. The van der Waals surface area contributed by atoms with Crippen LogP contribution in [0.1, 0.15) is 34.1 Å². The van der Waals surface area contributed by atoms with Crippen molar-refractivity contribution in [1.29, 1.82) is 0 Å². The van der Waals surface area contributed by atoms with E-state index in [1.807, 2.05) is 20.8 Å². The number of primary amides is 1. The monoisotopic (exact) mass is 259 g/mol. The summed E-state index contributed by atoms with van der Waals surface area (Å²) < 4.78 is 5.07. The largest absolute Gasteiger partial charge is 0.383 e. The topological polar surface area (TPSA) is 67.6 Å². The fourth-order valence-corrected chi connectivity index (χ4v) is 1.93. The van der Waals surface area contributed by atoms with Crippen LogP contribution in [0.25, 0.3) is 0 Å². The average molecular weight is 259 g/mol. The second kappa shape index (κ2) is 8.45. The van der Waals surface area contributed by atoms with E-state index >= 15 is 0 Å². The first-order valence-electron chi connectivity index (χ1n) is 6.64. The van der Waals surface area contributed by atoms with Crippen molar-refractivity contribution in [2.75, 3.05) is 33.4 Å². The number of methoxy groups -OCH3 is 1. The highest BCUT2D eigenvalue weighted by molar-refractivity contribution is 5.84. The number of nitrogens with zero attached hydrogens (tertiary/aromatic N) is 1. The molecule has 1 amide bonds. The van der Waals surface area contributed by atoms with Crippen LogP contribution in [0.15, 0.2) is 0 Å². The van der Waals surface area contributed by atoms with Crippen molar-refractivity contribution in [2.24, 2.45) is 5.73 Å². The SMILES string of the molecule is CCN(CCOC)CCC(C)(NC(C)C)C(N)=O. The fourth-order valence-electron chi connectivity index (χ4n) is 1.93. The number of nitrogens with one attached hydrogen (secondary N) is 1. The number of nitrogens with two attached hydrogens (primary N) is 1. The Kier molecular flexibility index (Phi) is 8.15. The highest BCUT2D eigenvalue weighted by Gasteiger charge is 2.31. The van der Waals surface area contributed by atoms with E-state index in [9.17, 15) is 4.79 Å². The predicted molar refractivity (Wildman–Crippen MR) is 74.5 cm³/mol. The zero-order valence-corrected chi connectivity index (χ0v) is 12.5. The molecule has 108 valence electrons. The van der Waals surface area contributed by atoms with Crippen LogP contribution in [0.5, 0.6) is 0 Å². The summed E-state index contributed by atoms with van der Waals surface area (Å²) in [7, 11) is 1.70. The van der Waals surface area contributed by atoms with Crippen molar-refractivity contribution in [3.8, 4) is 0 Å². The minimum atomic E-state index is -0.644. The molecule has 0 spiro atoms. The molecule has 3 N–H and O–H groups in total. The zero-order chi connectivity index (χ0) is 14.2. The molecule has 0 saturated carbocycles. The van der Waals surface area contributed by atoms with Crippen LogP contribution in [0.4, 0.5) is 0 Å². The Labute approximate surface area is 111 Å². The van der Waals surface area contributed by atoms with Gasteiger partial charge in [-0.15, -0.1) is 0 Å². The lowest BCUT2D eigenvalue weighted by Crippen LogP contribution is -2.56. The first kappa shape index (κ1) is 17.4. The molecule has 0 aromatic rings. The Morgan fingerprint density at radius 1 is 1.44 bits per heavy atom. The number of hydrogen-bond donors (Lipinski definition) is 2. The summed E-state index contributed by atoms with van der Waals surface area (Å²) >= 11 is 0. The number of rotatable bonds is 10. The predicted octanol–water partition coefficient (Wildman–Crippen LogP) is 0.587. The van der Waals surface area contributed by atoms with Crippen LogP contribution < -0.4 is 11.1 Å². The van der Waals surface area contributed by atoms with Gasteiger partial charge in [0.25, 0.3) is 0 Å². The third-order valence-corrected chi connectivity index (χ3v) is 3.14. The van der Waals surface area contributed by atoms with Gasteiger partial charge >= 0.3 is 0 Å². The number of carbonyl (C=O) groups is 1. The van der Waals surface area contributed by atoms with Gasteiger partial charge in [-0.05, 0) is 33.7 Å². The zero-order valence-electron chi connectivity index (χ0n) is 12.5. The molecule has 0 heterocycles. The molecule has 0 bridgehead atoms. The number of amides is 1. The normalized spacial score (nSPS) is 15.1. The third-order valence-electron chi connectivity index (χ3n) is 3.14. The summed E-state index contributed by atoms with van der Waals surface area (Å²) in [6, 6.07) is 0.233. The van der Waals surface area contributed by atoms with Crippen LogP contribution in [-0.4, -0.2) is 55.7 Å². The molecule has 0 radical (unpaired) electrons. The van der Waals surface area contributed by atoms with E-state index in [4.69, 9.17) is 10.5 Å². The van der Waals surface area contributed by atoms with Crippen molar-refractivity contribution in [3.63, 3.8) is 0 Å². The molecule has 1 atom stereocenters. The van der Waals surface area contributed by atoms with E-state index in [0.717, 1.165) is 19.6 Å². The van der Waals surface area contributed by atoms with Crippen molar-refractivity contribution >= 4 is 5.91 Å². The van der Waals surface area contributed by atoms with Gasteiger partial charge in [0, 0.05) is 26.2 Å². The quantitative estimate of drug-likeness (QED) is 0.602. The van der Waals surface area contributed by atoms with E-state index in [1.165, 1.54) is 0 Å². The molecule has 0 aliphatic heterocycles. The Hall–Kier alpha value is -0.650. The summed E-state index contributed by atoms with van der Waals surface area (Å²) in [4.78, 5) is 13.8. The molecule has 0 rings (SSSR count). The standard InChI is InChI=1S/C13H29N3O2/c1-6-16(9-10-18-5)8-7-13(4,12(14)17)15-11(2)3/h11,15H,6-10H2,1-5H3,(H2,14,17). The van der Waals surface area contributed by atoms with Crippen molar-refractivity contribution in [3.05, 3.63) is 0 Å². The van der Waals surface area contributed by atoms with E-state index in [-0.39, 0.29) is 11.9 Å².